The topological polar surface area (TPSA) is 69.1 Å². The molecule has 0 saturated heterocycles. The summed E-state index contributed by atoms with van der Waals surface area (Å²) < 4.78 is 30.3. The molecule has 0 bridgehead atoms. The second kappa shape index (κ2) is 5.81. The Kier molecular flexibility index (Phi) is 3.81. The van der Waals surface area contributed by atoms with Crippen LogP contribution in [0, 0.1) is 31.0 Å². The van der Waals surface area contributed by atoms with Crippen molar-refractivity contribution >= 4 is 16.9 Å². The van der Waals surface area contributed by atoms with Crippen LogP contribution in [0.3, 0.4) is 0 Å². The van der Waals surface area contributed by atoms with Crippen molar-refractivity contribution < 1.29 is 8.78 Å². The maximum atomic E-state index is 14.6. The summed E-state index contributed by atoms with van der Waals surface area (Å²) >= 11 is 1.40. The number of fused-ring (bicyclic) bond motifs is 1. The molecule has 0 spiro atoms. The first-order chi connectivity index (χ1) is 12.4. The molecule has 8 heteroatoms. The van der Waals surface area contributed by atoms with Gasteiger partial charge in [-0.3, -0.25) is 4.68 Å². The summed E-state index contributed by atoms with van der Waals surface area (Å²) in [4.78, 5) is 4.38. The predicted octanol–water partition coefficient (Wildman–Crippen LogP) is 2.39. The van der Waals surface area contributed by atoms with Crippen molar-refractivity contribution in [2.75, 3.05) is 6.67 Å². The molecule has 0 unspecified atom stereocenters. The minimum atomic E-state index is -1.36. The third-order valence-corrected chi connectivity index (χ3v) is 6.39. The normalized spacial score (nSPS) is 29.6. The number of terminal acetylenes is 1. The van der Waals surface area contributed by atoms with E-state index in [0.717, 1.165) is 5.69 Å². The Morgan fingerprint density at radius 2 is 2.31 bits per heavy atom. The molecule has 1 aliphatic heterocycles. The highest BCUT2D eigenvalue weighted by molar-refractivity contribution is 8.15. The summed E-state index contributed by atoms with van der Waals surface area (Å²) in [5.74, 6) is 1.74. The summed E-state index contributed by atoms with van der Waals surface area (Å²) in [6.45, 7) is 1.52. The van der Waals surface area contributed by atoms with E-state index in [0.29, 0.717) is 18.5 Å². The first kappa shape index (κ1) is 17.0. The van der Waals surface area contributed by atoms with Crippen molar-refractivity contribution in [3.8, 4) is 12.3 Å². The first-order valence-corrected chi connectivity index (χ1v) is 8.98. The van der Waals surface area contributed by atoms with Gasteiger partial charge in [0.15, 0.2) is 5.17 Å². The van der Waals surface area contributed by atoms with Crippen LogP contribution in [-0.4, -0.2) is 31.6 Å². The highest BCUT2D eigenvalue weighted by atomic mass is 32.2. The Labute approximate surface area is 154 Å². The van der Waals surface area contributed by atoms with Gasteiger partial charge in [0.05, 0.1) is 12.2 Å². The molecule has 1 aromatic carbocycles. The van der Waals surface area contributed by atoms with Gasteiger partial charge in [-0.2, -0.15) is 0 Å². The van der Waals surface area contributed by atoms with Gasteiger partial charge in [-0.1, -0.05) is 22.9 Å². The van der Waals surface area contributed by atoms with E-state index < -0.39 is 18.0 Å². The lowest BCUT2D eigenvalue weighted by Gasteiger charge is -2.35. The highest BCUT2D eigenvalue weighted by Crippen LogP contribution is 2.66. The van der Waals surface area contributed by atoms with Crippen LogP contribution in [0.2, 0.25) is 0 Å². The van der Waals surface area contributed by atoms with Crippen LogP contribution in [0.15, 0.2) is 29.4 Å². The number of alkyl halides is 1. The molecule has 1 aromatic heterocycles. The zero-order valence-electron chi connectivity index (χ0n) is 14.1. The second-order valence-corrected chi connectivity index (χ2v) is 8.26. The lowest BCUT2D eigenvalue weighted by molar-refractivity contribution is 0.259. The number of aryl methyl sites for hydroxylation is 1. The molecule has 5 nitrogen and oxygen atoms in total. The fourth-order valence-corrected chi connectivity index (χ4v) is 5.26. The predicted molar refractivity (Wildman–Crippen MR) is 96.8 cm³/mol. The van der Waals surface area contributed by atoms with Crippen molar-refractivity contribution in [1.29, 1.82) is 0 Å². The lowest BCUT2D eigenvalue weighted by Crippen LogP contribution is -2.41. The number of amidine groups is 1. The maximum Gasteiger partial charge on any atom is 0.155 e. The van der Waals surface area contributed by atoms with E-state index in [1.54, 1.807) is 4.68 Å². The summed E-state index contributed by atoms with van der Waals surface area (Å²) in [6, 6.07) is 4.26. The van der Waals surface area contributed by atoms with Gasteiger partial charge in [0.25, 0.3) is 0 Å². The van der Waals surface area contributed by atoms with Crippen LogP contribution >= 0.6 is 11.8 Å². The smallest absolute Gasteiger partial charge is 0.155 e. The number of nitrogens with two attached hydrogens (primary N) is 1. The molecule has 1 aliphatic carbocycles. The molecule has 2 aliphatic rings. The number of aliphatic imine (C=N–C) groups is 1. The Bertz CT molecular complexity index is 949. The molecule has 0 radical (unpaired) electrons. The van der Waals surface area contributed by atoms with E-state index in [4.69, 9.17) is 12.2 Å². The second-order valence-electron chi connectivity index (χ2n) is 6.83. The molecule has 1 saturated carbocycles. The molecule has 26 heavy (non-hydrogen) atoms. The monoisotopic (exact) mass is 373 g/mol. The zero-order chi connectivity index (χ0) is 18.5. The fourth-order valence-electron chi connectivity index (χ4n) is 3.85. The van der Waals surface area contributed by atoms with E-state index in [1.165, 1.54) is 30.0 Å². The summed E-state index contributed by atoms with van der Waals surface area (Å²) in [5.41, 5.74) is 6.13. The van der Waals surface area contributed by atoms with Gasteiger partial charge >= 0.3 is 0 Å². The van der Waals surface area contributed by atoms with Crippen LogP contribution in [-0.2, 0) is 12.1 Å². The Morgan fingerprint density at radius 1 is 1.50 bits per heavy atom. The number of aromatic nitrogens is 3. The van der Waals surface area contributed by atoms with Gasteiger partial charge in [0.2, 0.25) is 0 Å². The SMILES string of the molecule is C#Cc1ccc(F)c([C@@]2(CF)N=C(N)S[C@@]3(Cn4cc(C)nn4)C[C@H]32)c1. The van der Waals surface area contributed by atoms with E-state index >= 15 is 0 Å². The number of hydrogen-bond acceptors (Lipinski definition) is 5. The Balaban J connectivity index is 1.78. The maximum absolute atomic E-state index is 14.6. The largest absolute Gasteiger partial charge is 0.378 e. The number of hydrogen-bond donors (Lipinski definition) is 1. The molecular weight excluding hydrogens is 356 g/mol. The molecule has 4 rings (SSSR count). The third kappa shape index (κ3) is 2.50. The number of thioether (sulfide) groups is 1. The quantitative estimate of drug-likeness (QED) is 0.836. The van der Waals surface area contributed by atoms with Crippen molar-refractivity contribution in [2.45, 2.75) is 30.2 Å². The van der Waals surface area contributed by atoms with Crippen molar-refractivity contribution in [2.24, 2.45) is 16.6 Å². The van der Waals surface area contributed by atoms with Gasteiger partial charge in [-0.05, 0) is 31.5 Å². The van der Waals surface area contributed by atoms with Crippen molar-refractivity contribution in [3.05, 3.63) is 47.0 Å². The van der Waals surface area contributed by atoms with Crippen molar-refractivity contribution in [1.82, 2.24) is 15.0 Å². The summed E-state index contributed by atoms with van der Waals surface area (Å²) in [7, 11) is 0. The van der Waals surface area contributed by atoms with Gasteiger partial charge in [-0.15, -0.1) is 11.5 Å². The fraction of sp³-hybridized carbons (Fsp3) is 0.389. The van der Waals surface area contributed by atoms with Gasteiger partial charge in [-0.25, -0.2) is 13.8 Å². The van der Waals surface area contributed by atoms with E-state index in [1.807, 2.05) is 13.1 Å². The van der Waals surface area contributed by atoms with Gasteiger partial charge < -0.3 is 5.73 Å². The van der Waals surface area contributed by atoms with Crippen molar-refractivity contribution in [3.63, 3.8) is 0 Å². The molecule has 3 atom stereocenters. The van der Waals surface area contributed by atoms with E-state index in [2.05, 4.69) is 21.2 Å². The molecule has 2 heterocycles. The molecule has 1 fully saturated rings. The number of halogens is 2. The summed E-state index contributed by atoms with van der Waals surface area (Å²) in [5, 5.41) is 8.31. The van der Waals surface area contributed by atoms with Crippen LogP contribution in [0.5, 0.6) is 0 Å². The minimum absolute atomic E-state index is 0.167. The lowest BCUT2D eigenvalue weighted by atomic mass is 9.84. The first-order valence-electron chi connectivity index (χ1n) is 8.16. The molecule has 2 N–H and O–H groups in total. The minimum Gasteiger partial charge on any atom is -0.378 e. The van der Waals surface area contributed by atoms with E-state index in [9.17, 15) is 8.78 Å². The number of nitrogens with zero attached hydrogens (tertiary/aromatic N) is 4. The molecule has 0 amide bonds. The van der Waals surface area contributed by atoms with Crippen LogP contribution in [0.1, 0.15) is 23.2 Å². The molecule has 134 valence electrons. The average molecular weight is 373 g/mol. The molecular formula is C18H17F2N5S. The molecule has 2 aromatic rings. The standard InChI is InChI=1S/C18H17F2N5S/c1-3-12-4-5-14(20)13(6-12)18(9-19)15-7-17(15,26-16(21)22-18)10-25-8-11(2)23-24-25/h1,4-6,8,15H,7,9-10H2,2H3,(H2,21,22)/t15-,17-,18-/m1/s1. The van der Waals surface area contributed by atoms with Gasteiger partial charge in [0, 0.05) is 28.0 Å². The van der Waals surface area contributed by atoms with Crippen LogP contribution < -0.4 is 5.73 Å². The van der Waals surface area contributed by atoms with Gasteiger partial charge in [0.1, 0.15) is 18.0 Å². The Morgan fingerprint density at radius 3 is 2.96 bits per heavy atom. The number of benzene rings is 1. The summed E-state index contributed by atoms with van der Waals surface area (Å²) in [6.07, 6.45) is 7.92. The third-order valence-electron chi connectivity index (χ3n) is 5.10. The average Bonchev–Trinajstić information content (AvgIpc) is 3.19. The highest BCUT2D eigenvalue weighted by Gasteiger charge is 2.68. The van der Waals surface area contributed by atoms with Crippen LogP contribution in [0.4, 0.5) is 8.78 Å². The van der Waals surface area contributed by atoms with Crippen LogP contribution in [0.25, 0.3) is 0 Å². The van der Waals surface area contributed by atoms with E-state index in [-0.39, 0.29) is 21.4 Å². The Hall–Kier alpha value is -2.40. The zero-order valence-corrected chi connectivity index (χ0v) is 14.9. The number of rotatable bonds is 4.